The van der Waals surface area contributed by atoms with Crippen molar-refractivity contribution in [2.75, 3.05) is 0 Å². The number of hydrogen-bond donors (Lipinski definition) is 0. The zero-order chi connectivity index (χ0) is 36.5. The predicted octanol–water partition coefficient (Wildman–Crippen LogP) is 13.5. The van der Waals surface area contributed by atoms with Gasteiger partial charge in [0, 0.05) is 44.8 Å². The number of hydrogen-bond acceptors (Lipinski definition) is 2. The molecule has 0 unspecified atom stereocenters. The number of fused-ring (bicyclic) bond motifs is 7. The smallest absolute Gasteiger partial charge is 0.126 e. The largest absolute Gasteiger partial charge is 0.247 e. The summed E-state index contributed by atoms with van der Waals surface area (Å²) in [5.41, 5.74) is 6.07. The highest BCUT2D eigenvalue weighted by atomic mass is 19.1. The topological polar surface area (TPSA) is 25.8 Å². The van der Waals surface area contributed by atoms with Gasteiger partial charge in [0.05, 0.1) is 22.4 Å². The van der Waals surface area contributed by atoms with Crippen molar-refractivity contribution in [3.05, 3.63) is 181 Å². The second kappa shape index (κ2) is 12.3. The first kappa shape index (κ1) is 31.8. The molecule has 256 valence electrons. The first-order chi connectivity index (χ1) is 26.3. The summed E-state index contributed by atoms with van der Waals surface area (Å²) in [5.74, 6) is -2.82. The molecule has 0 spiro atoms. The Hall–Kier alpha value is -6.92. The van der Waals surface area contributed by atoms with Crippen molar-refractivity contribution in [1.82, 2.24) is 9.97 Å². The third kappa shape index (κ3) is 5.42. The predicted molar refractivity (Wildman–Crippen MR) is 211 cm³/mol. The van der Waals surface area contributed by atoms with Gasteiger partial charge < -0.3 is 0 Å². The summed E-state index contributed by atoms with van der Waals surface area (Å²) in [6.45, 7) is 0. The molecular weight excluding hydrogens is 681 g/mol. The summed E-state index contributed by atoms with van der Waals surface area (Å²) in [5, 5.41) is 6.93. The molecule has 0 amide bonds. The van der Waals surface area contributed by atoms with Gasteiger partial charge in [-0.3, -0.25) is 0 Å². The SMILES string of the molecule is Fc1cc(F)cc(-c2cc3c(cc(-c4cc(F)cc(F)c4)c4ccc(-c5ccc6ccccc6c5)nc43)c3nc(-c4ccc5ccccc5c4)ccc23)c1. The zero-order valence-corrected chi connectivity index (χ0v) is 28.4. The molecule has 2 heterocycles. The van der Waals surface area contributed by atoms with Gasteiger partial charge in [0.15, 0.2) is 0 Å². The molecule has 10 rings (SSSR count). The van der Waals surface area contributed by atoms with Gasteiger partial charge in [0.1, 0.15) is 23.3 Å². The van der Waals surface area contributed by atoms with Gasteiger partial charge in [-0.2, -0.15) is 0 Å². The lowest BCUT2D eigenvalue weighted by molar-refractivity contribution is 0.583. The van der Waals surface area contributed by atoms with Gasteiger partial charge in [-0.1, -0.05) is 72.8 Å². The van der Waals surface area contributed by atoms with E-state index < -0.39 is 23.3 Å². The van der Waals surface area contributed by atoms with Crippen LogP contribution in [-0.2, 0) is 0 Å². The highest BCUT2D eigenvalue weighted by molar-refractivity contribution is 6.22. The Kier molecular flexibility index (Phi) is 7.27. The number of nitrogens with zero attached hydrogens (tertiary/aromatic N) is 2. The van der Waals surface area contributed by atoms with E-state index >= 15 is 0 Å². The summed E-state index contributed by atoms with van der Waals surface area (Å²) >= 11 is 0. The van der Waals surface area contributed by atoms with Crippen LogP contribution >= 0.6 is 0 Å². The molecule has 0 N–H and O–H groups in total. The van der Waals surface area contributed by atoms with Gasteiger partial charge in [-0.25, -0.2) is 27.5 Å². The molecule has 0 atom stereocenters. The maximum atomic E-state index is 14.8. The molecule has 0 aliphatic heterocycles. The molecule has 0 saturated heterocycles. The van der Waals surface area contributed by atoms with Crippen LogP contribution in [0.4, 0.5) is 17.6 Å². The van der Waals surface area contributed by atoms with Crippen molar-refractivity contribution < 1.29 is 17.6 Å². The van der Waals surface area contributed by atoms with E-state index in [1.54, 1.807) is 0 Å². The minimum absolute atomic E-state index is 0.342. The first-order valence-electron chi connectivity index (χ1n) is 17.5. The summed E-state index contributed by atoms with van der Waals surface area (Å²) in [6.07, 6.45) is 0. The van der Waals surface area contributed by atoms with Crippen LogP contribution in [0.15, 0.2) is 158 Å². The average Bonchev–Trinajstić information content (AvgIpc) is 3.18. The monoisotopic (exact) mass is 706 g/mol. The fraction of sp³-hybridized carbons (Fsp3) is 0. The second-order valence-corrected chi connectivity index (χ2v) is 13.6. The first-order valence-corrected chi connectivity index (χ1v) is 17.5. The van der Waals surface area contributed by atoms with E-state index in [4.69, 9.17) is 9.97 Å². The standard InChI is InChI=1S/C48H26F4N2/c49-35-19-33(20-36(50)23-35)41-26-44-43(47-39(41)13-15-45(53-47)31-11-9-27-5-1-3-7-29(27)17-31)25-42(34-21-37(51)24-38(52)22-34)40-14-16-46(54-48(40)44)32-12-10-28-6-2-4-8-30(28)18-32/h1-26H. The van der Waals surface area contributed by atoms with Crippen molar-refractivity contribution >= 4 is 54.1 Å². The van der Waals surface area contributed by atoms with Crippen LogP contribution in [0, 0.1) is 23.3 Å². The quantitative estimate of drug-likeness (QED) is 0.134. The molecule has 0 radical (unpaired) electrons. The van der Waals surface area contributed by atoms with E-state index in [1.165, 1.54) is 24.3 Å². The summed E-state index contributed by atoms with van der Waals surface area (Å²) < 4.78 is 59.3. The molecule has 0 saturated carbocycles. The number of benzene rings is 8. The van der Waals surface area contributed by atoms with Crippen LogP contribution in [0.2, 0.25) is 0 Å². The average molecular weight is 707 g/mol. The summed E-state index contributed by atoms with van der Waals surface area (Å²) in [6, 6.07) is 46.7. The van der Waals surface area contributed by atoms with Gasteiger partial charge >= 0.3 is 0 Å². The van der Waals surface area contributed by atoms with Crippen molar-refractivity contribution in [3.63, 3.8) is 0 Å². The maximum Gasteiger partial charge on any atom is 0.126 e. The van der Waals surface area contributed by atoms with Crippen molar-refractivity contribution in [1.29, 1.82) is 0 Å². The number of rotatable bonds is 4. The highest BCUT2D eigenvalue weighted by Crippen LogP contribution is 2.43. The molecule has 2 aromatic heterocycles. The van der Waals surface area contributed by atoms with Crippen LogP contribution in [0.25, 0.3) is 98.9 Å². The zero-order valence-electron chi connectivity index (χ0n) is 28.4. The Balaban J connectivity index is 1.33. The van der Waals surface area contributed by atoms with Gasteiger partial charge in [0.2, 0.25) is 0 Å². The molecule has 10 aromatic rings. The summed E-state index contributed by atoms with van der Waals surface area (Å²) in [7, 11) is 0. The third-order valence-corrected chi connectivity index (χ3v) is 10.2. The van der Waals surface area contributed by atoms with Crippen LogP contribution < -0.4 is 0 Å². The van der Waals surface area contributed by atoms with E-state index in [1.807, 2.05) is 109 Å². The van der Waals surface area contributed by atoms with Crippen molar-refractivity contribution in [2.24, 2.45) is 0 Å². The Morgan fingerprint density at radius 1 is 0.296 bits per heavy atom. The fourth-order valence-corrected chi connectivity index (χ4v) is 7.67. The van der Waals surface area contributed by atoms with E-state index in [0.29, 0.717) is 66.2 Å². The van der Waals surface area contributed by atoms with Gasteiger partial charge in [0.25, 0.3) is 0 Å². The number of halogens is 4. The molecule has 2 nitrogen and oxygen atoms in total. The summed E-state index contributed by atoms with van der Waals surface area (Å²) in [4.78, 5) is 10.5. The second-order valence-electron chi connectivity index (χ2n) is 13.6. The van der Waals surface area contributed by atoms with Crippen LogP contribution in [0.5, 0.6) is 0 Å². The van der Waals surface area contributed by atoms with E-state index in [2.05, 4.69) is 12.1 Å². The molecular formula is C48H26F4N2. The van der Waals surface area contributed by atoms with Crippen molar-refractivity contribution in [3.8, 4) is 44.8 Å². The lowest BCUT2D eigenvalue weighted by atomic mass is 9.90. The normalized spacial score (nSPS) is 11.7. The molecule has 0 aliphatic carbocycles. The maximum absolute atomic E-state index is 14.8. The van der Waals surface area contributed by atoms with Crippen molar-refractivity contribution in [2.45, 2.75) is 0 Å². The Bertz CT molecular complexity index is 2920. The lowest BCUT2D eigenvalue weighted by Gasteiger charge is -2.17. The Morgan fingerprint density at radius 3 is 1.09 bits per heavy atom. The van der Waals surface area contributed by atoms with Gasteiger partial charge in [-0.15, -0.1) is 0 Å². The molecule has 54 heavy (non-hydrogen) atoms. The molecule has 0 fully saturated rings. The lowest BCUT2D eigenvalue weighted by Crippen LogP contribution is -1.95. The minimum Gasteiger partial charge on any atom is -0.247 e. The molecule has 0 bridgehead atoms. The van der Waals surface area contributed by atoms with Crippen LogP contribution in [0.3, 0.4) is 0 Å². The molecule has 0 aliphatic rings. The Morgan fingerprint density at radius 2 is 0.685 bits per heavy atom. The van der Waals surface area contributed by atoms with Gasteiger partial charge in [-0.05, 0) is 117 Å². The fourth-order valence-electron chi connectivity index (χ4n) is 7.67. The Labute approximate surface area is 306 Å². The number of aromatic nitrogens is 2. The van der Waals surface area contributed by atoms with E-state index in [0.717, 1.165) is 44.8 Å². The van der Waals surface area contributed by atoms with Crippen LogP contribution in [-0.4, -0.2) is 9.97 Å². The minimum atomic E-state index is -0.705. The van der Waals surface area contributed by atoms with E-state index in [-0.39, 0.29) is 0 Å². The van der Waals surface area contributed by atoms with Crippen LogP contribution in [0.1, 0.15) is 0 Å². The highest BCUT2D eigenvalue weighted by Gasteiger charge is 2.19. The third-order valence-electron chi connectivity index (χ3n) is 10.2. The molecule has 6 heteroatoms. The van der Waals surface area contributed by atoms with E-state index in [9.17, 15) is 17.6 Å². The molecule has 8 aromatic carbocycles. The number of pyridine rings is 2.